The Kier molecular flexibility index (Phi) is 7.26. The van der Waals surface area contributed by atoms with Gasteiger partial charge >= 0.3 is 0 Å². The normalized spacial score (nSPS) is 14.2. The SMILES string of the molecule is COc1ncccc1C=CC(=O)N1CCC(c2ccc(C(=O)NCc3ccn4ccnc4c3)cc2)CC1. The van der Waals surface area contributed by atoms with E-state index in [-0.39, 0.29) is 11.8 Å². The third kappa shape index (κ3) is 5.69. The van der Waals surface area contributed by atoms with Crippen molar-refractivity contribution < 1.29 is 14.3 Å². The first-order valence-electron chi connectivity index (χ1n) is 12.4. The molecule has 0 unspecified atom stereocenters. The molecule has 0 spiro atoms. The number of likely N-dealkylation sites (tertiary alicyclic amines) is 1. The van der Waals surface area contributed by atoms with Gasteiger partial charge < -0.3 is 19.4 Å². The summed E-state index contributed by atoms with van der Waals surface area (Å²) in [5.74, 6) is 0.749. The van der Waals surface area contributed by atoms with Gasteiger partial charge in [-0.05, 0) is 72.4 Å². The standard InChI is InChI=1S/C29H29N5O3/c1-37-29-25(3-2-13-31-29)8-9-27(35)34-16-11-23(12-17-34)22-4-6-24(7-5-22)28(36)32-20-21-10-15-33-18-14-30-26(33)19-21/h2-10,13-15,18-19,23H,11-12,16-17,20H2,1H3,(H,32,36). The highest BCUT2D eigenvalue weighted by Crippen LogP contribution is 2.28. The molecule has 0 aliphatic carbocycles. The van der Waals surface area contributed by atoms with Crippen LogP contribution < -0.4 is 10.1 Å². The summed E-state index contributed by atoms with van der Waals surface area (Å²) in [6.45, 7) is 1.83. The van der Waals surface area contributed by atoms with E-state index in [1.54, 1.807) is 31.7 Å². The molecule has 1 saturated heterocycles. The van der Waals surface area contributed by atoms with Crippen LogP contribution >= 0.6 is 0 Å². The number of nitrogens with one attached hydrogen (secondary N) is 1. The van der Waals surface area contributed by atoms with Crippen molar-refractivity contribution in [2.24, 2.45) is 0 Å². The second kappa shape index (κ2) is 11.1. The van der Waals surface area contributed by atoms with Crippen LogP contribution in [-0.4, -0.2) is 51.3 Å². The van der Waals surface area contributed by atoms with E-state index < -0.39 is 0 Å². The van der Waals surface area contributed by atoms with Gasteiger partial charge in [0.1, 0.15) is 5.65 Å². The molecule has 1 fully saturated rings. The maximum Gasteiger partial charge on any atom is 0.251 e. The fraction of sp³-hybridized carbons (Fsp3) is 0.241. The van der Waals surface area contributed by atoms with Gasteiger partial charge in [-0.25, -0.2) is 9.97 Å². The van der Waals surface area contributed by atoms with Crippen molar-refractivity contribution in [2.45, 2.75) is 25.3 Å². The molecular weight excluding hydrogens is 466 g/mol. The number of benzene rings is 1. The summed E-state index contributed by atoms with van der Waals surface area (Å²) in [4.78, 5) is 35.6. The van der Waals surface area contributed by atoms with Crippen molar-refractivity contribution in [3.05, 3.63) is 102 Å². The Morgan fingerprint density at radius 1 is 1.05 bits per heavy atom. The largest absolute Gasteiger partial charge is 0.481 e. The van der Waals surface area contributed by atoms with Gasteiger partial charge in [0, 0.05) is 61.6 Å². The fourth-order valence-corrected chi connectivity index (χ4v) is 4.65. The van der Waals surface area contributed by atoms with Gasteiger partial charge in [0.2, 0.25) is 11.8 Å². The lowest BCUT2D eigenvalue weighted by atomic mass is 9.89. The Bertz CT molecular complexity index is 1420. The first-order valence-corrected chi connectivity index (χ1v) is 12.4. The molecule has 3 aromatic heterocycles. The van der Waals surface area contributed by atoms with Crippen LogP contribution in [0.25, 0.3) is 11.7 Å². The van der Waals surface area contributed by atoms with Crippen LogP contribution in [0.5, 0.6) is 5.88 Å². The smallest absolute Gasteiger partial charge is 0.251 e. The number of pyridine rings is 2. The maximum atomic E-state index is 12.7. The molecule has 0 atom stereocenters. The first-order chi connectivity index (χ1) is 18.1. The molecule has 8 nitrogen and oxygen atoms in total. The summed E-state index contributed by atoms with van der Waals surface area (Å²) >= 11 is 0. The topological polar surface area (TPSA) is 88.8 Å². The number of aromatic nitrogens is 3. The zero-order chi connectivity index (χ0) is 25.6. The molecule has 1 N–H and O–H groups in total. The number of imidazole rings is 1. The molecule has 37 heavy (non-hydrogen) atoms. The van der Waals surface area contributed by atoms with E-state index in [4.69, 9.17) is 4.74 Å². The lowest BCUT2D eigenvalue weighted by molar-refractivity contribution is -0.126. The van der Waals surface area contributed by atoms with E-state index in [0.717, 1.165) is 29.6 Å². The summed E-state index contributed by atoms with van der Waals surface area (Å²) in [6, 6.07) is 15.4. The van der Waals surface area contributed by atoms with Gasteiger partial charge in [0.05, 0.1) is 7.11 Å². The third-order valence-electron chi connectivity index (χ3n) is 6.77. The van der Waals surface area contributed by atoms with Crippen molar-refractivity contribution >= 4 is 23.5 Å². The number of carbonyl (C=O) groups excluding carboxylic acids is 2. The fourth-order valence-electron chi connectivity index (χ4n) is 4.65. The average Bonchev–Trinajstić information content (AvgIpc) is 3.43. The second-order valence-corrected chi connectivity index (χ2v) is 9.07. The summed E-state index contributed by atoms with van der Waals surface area (Å²) < 4.78 is 7.17. The number of methoxy groups -OCH3 is 1. The Hall–Kier alpha value is -4.46. The van der Waals surface area contributed by atoms with Crippen molar-refractivity contribution in [1.82, 2.24) is 24.6 Å². The van der Waals surface area contributed by atoms with Crippen LogP contribution in [0.3, 0.4) is 0 Å². The number of nitrogens with zero attached hydrogens (tertiary/aromatic N) is 4. The van der Waals surface area contributed by atoms with Crippen LogP contribution in [0.1, 0.15) is 45.8 Å². The second-order valence-electron chi connectivity index (χ2n) is 9.07. The van der Waals surface area contributed by atoms with Crippen molar-refractivity contribution in [1.29, 1.82) is 0 Å². The molecule has 0 radical (unpaired) electrons. The van der Waals surface area contributed by atoms with E-state index in [1.165, 1.54) is 5.56 Å². The number of carbonyl (C=O) groups is 2. The molecule has 188 valence electrons. The number of hydrogen-bond donors (Lipinski definition) is 1. The maximum absolute atomic E-state index is 12.7. The monoisotopic (exact) mass is 495 g/mol. The minimum atomic E-state index is -0.104. The zero-order valence-electron chi connectivity index (χ0n) is 20.7. The van der Waals surface area contributed by atoms with E-state index in [9.17, 15) is 9.59 Å². The van der Waals surface area contributed by atoms with E-state index in [0.29, 0.717) is 37.0 Å². The molecule has 1 aliphatic rings. The molecule has 0 bridgehead atoms. The molecule has 1 aromatic carbocycles. The van der Waals surface area contributed by atoms with Gasteiger partial charge in [-0.3, -0.25) is 9.59 Å². The summed E-state index contributed by atoms with van der Waals surface area (Å²) in [7, 11) is 1.56. The molecule has 0 saturated carbocycles. The average molecular weight is 496 g/mol. The highest BCUT2D eigenvalue weighted by atomic mass is 16.5. The van der Waals surface area contributed by atoms with Gasteiger partial charge in [-0.1, -0.05) is 12.1 Å². The Morgan fingerprint density at radius 3 is 2.65 bits per heavy atom. The van der Waals surface area contributed by atoms with E-state index in [2.05, 4.69) is 15.3 Å². The Morgan fingerprint density at radius 2 is 1.86 bits per heavy atom. The molecule has 8 heteroatoms. The molecule has 4 aromatic rings. The van der Waals surface area contributed by atoms with Crippen LogP contribution in [0.15, 0.2) is 79.4 Å². The van der Waals surface area contributed by atoms with Crippen LogP contribution in [0.4, 0.5) is 0 Å². The van der Waals surface area contributed by atoms with Crippen LogP contribution in [0, 0.1) is 0 Å². The van der Waals surface area contributed by atoms with E-state index >= 15 is 0 Å². The summed E-state index contributed by atoms with van der Waals surface area (Å²) in [5.41, 5.74) is 4.46. The third-order valence-corrected chi connectivity index (χ3v) is 6.77. The lowest BCUT2D eigenvalue weighted by Crippen LogP contribution is -2.36. The van der Waals surface area contributed by atoms with Crippen molar-refractivity contribution in [2.75, 3.05) is 20.2 Å². The van der Waals surface area contributed by atoms with Gasteiger partial charge in [0.25, 0.3) is 5.91 Å². The summed E-state index contributed by atoms with van der Waals surface area (Å²) in [6.07, 6.45) is 12.3. The van der Waals surface area contributed by atoms with Gasteiger partial charge in [-0.15, -0.1) is 0 Å². The molecule has 5 rings (SSSR count). The minimum absolute atomic E-state index is 0.0109. The molecule has 1 aliphatic heterocycles. The van der Waals surface area contributed by atoms with Crippen molar-refractivity contribution in [3.8, 4) is 5.88 Å². The van der Waals surface area contributed by atoms with Gasteiger partial charge in [-0.2, -0.15) is 0 Å². The number of amides is 2. The Balaban J connectivity index is 1.12. The highest BCUT2D eigenvalue weighted by Gasteiger charge is 2.23. The molecule has 2 amide bonds. The predicted octanol–water partition coefficient (Wildman–Crippen LogP) is 4.09. The highest BCUT2D eigenvalue weighted by molar-refractivity contribution is 5.94. The quantitative estimate of drug-likeness (QED) is 0.390. The molecule has 4 heterocycles. The van der Waals surface area contributed by atoms with Crippen LogP contribution in [0.2, 0.25) is 0 Å². The first kappa shape index (κ1) is 24.2. The summed E-state index contributed by atoms with van der Waals surface area (Å²) in [5, 5.41) is 2.98. The number of hydrogen-bond acceptors (Lipinski definition) is 5. The lowest BCUT2D eigenvalue weighted by Gasteiger charge is -2.31. The van der Waals surface area contributed by atoms with Gasteiger partial charge in [0.15, 0.2) is 0 Å². The van der Waals surface area contributed by atoms with E-state index in [1.807, 2.05) is 70.2 Å². The van der Waals surface area contributed by atoms with Crippen LogP contribution in [-0.2, 0) is 11.3 Å². The number of rotatable bonds is 7. The number of fused-ring (bicyclic) bond motifs is 1. The number of piperidine rings is 1. The van der Waals surface area contributed by atoms with Crippen molar-refractivity contribution in [3.63, 3.8) is 0 Å². The minimum Gasteiger partial charge on any atom is -0.481 e. The zero-order valence-corrected chi connectivity index (χ0v) is 20.7. The molecular formula is C29H29N5O3. The predicted molar refractivity (Wildman–Crippen MR) is 141 cm³/mol. The number of ether oxygens (including phenoxy) is 1. The Labute approximate surface area is 215 Å².